The van der Waals surface area contributed by atoms with Gasteiger partial charge >= 0.3 is 0 Å². The highest BCUT2D eigenvalue weighted by atomic mass is 15.1. The third kappa shape index (κ3) is 4.57. The molecule has 0 N–H and O–H groups in total. The van der Waals surface area contributed by atoms with Gasteiger partial charge in [0, 0.05) is 16.8 Å². The number of hydrogen-bond donors (Lipinski definition) is 0. The minimum atomic E-state index is -0.663. The number of fused-ring (bicyclic) bond motifs is 8. The quantitative estimate of drug-likeness (QED) is 0.175. The van der Waals surface area contributed by atoms with Crippen molar-refractivity contribution >= 4 is 17.1 Å². The molecule has 2 aliphatic carbocycles. The van der Waals surface area contributed by atoms with Crippen LogP contribution in [0.2, 0.25) is 0 Å². The lowest BCUT2D eigenvalue weighted by atomic mass is 9.63. The zero-order chi connectivity index (χ0) is 35.6. The van der Waals surface area contributed by atoms with Gasteiger partial charge in [0.25, 0.3) is 0 Å². The second-order valence-electron chi connectivity index (χ2n) is 14.8. The summed E-state index contributed by atoms with van der Waals surface area (Å²) < 4.78 is 0. The van der Waals surface area contributed by atoms with Crippen molar-refractivity contribution < 1.29 is 0 Å². The molecule has 0 atom stereocenters. The van der Waals surface area contributed by atoms with Gasteiger partial charge in [-0.05, 0) is 97.1 Å². The molecule has 53 heavy (non-hydrogen) atoms. The second-order valence-corrected chi connectivity index (χ2v) is 14.8. The maximum absolute atomic E-state index is 2.49. The highest BCUT2D eigenvalue weighted by Gasteiger charge is 2.46. The summed E-state index contributed by atoms with van der Waals surface area (Å²) in [5.74, 6) is 0. The number of para-hydroxylation sites is 2. The first-order valence-electron chi connectivity index (χ1n) is 18.6. The van der Waals surface area contributed by atoms with Gasteiger partial charge in [0.05, 0.1) is 11.1 Å². The van der Waals surface area contributed by atoms with Gasteiger partial charge in [0.2, 0.25) is 0 Å². The Balaban J connectivity index is 1.32. The fourth-order valence-electron chi connectivity index (χ4n) is 9.45. The van der Waals surface area contributed by atoms with Crippen molar-refractivity contribution in [3.05, 3.63) is 234 Å². The molecule has 0 aliphatic heterocycles. The molecule has 0 heterocycles. The molecule has 0 aromatic heterocycles. The fraction of sp³-hybridized carbons (Fsp3) is 0.0769. The Morgan fingerprint density at radius 2 is 0.755 bits per heavy atom. The van der Waals surface area contributed by atoms with Crippen molar-refractivity contribution in [2.75, 3.05) is 4.90 Å². The van der Waals surface area contributed by atoms with Gasteiger partial charge in [-0.3, -0.25) is 0 Å². The summed E-state index contributed by atoms with van der Waals surface area (Å²) in [5, 5.41) is 0. The van der Waals surface area contributed by atoms with Gasteiger partial charge in [-0.1, -0.05) is 184 Å². The summed E-state index contributed by atoms with van der Waals surface area (Å²) in [7, 11) is 0. The smallest absolute Gasteiger partial charge is 0.0733 e. The number of hydrogen-bond acceptors (Lipinski definition) is 1. The monoisotopic (exact) mass is 677 g/mol. The van der Waals surface area contributed by atoms with Crippen molar-refractivity contribution in [3.8, 4) is 33.4 Å². The molecule has 0 radical (unpaired) electrons. The maximum atomic E-state index is 2.49. The Kier molecular flexibility index (Phi) is 7.13. The predicted octanol–water partition coefficient (Wildman–Crippen LogP) is 13.5. The Morgan fingerprint density at radius 1 is 0.321 bits per heavy atom. The van der Waals surface area contributed by atoms with Gasteiger partial charge in [-0.15, -0.1) is 0 Å². The molecule has 0 unspecified atom stereocenters. The third-order valence-corrected chi connectivity index (χ3v) is 11.8. The number of nitrogens with zero attached hydrogens (tertiary/aromatic N) is 1. The minimum absolute atomic E-state index is 0.125. The SMILES string of the molecule is CC1(C)c2ccccc2-c2ccc(N(c3ccccc3)c3ccccc3C3(c4ccccc4)c4ccccc4-c4ccccc4-c4ccccc43)cc21. The summed E-state index contributed by atoms with van der Waals surface area (Å²) in [6.45, 7) is 4.73. The van der Waals surface area contributed by atoms with E-state index in [2.05, 4.69) is 219 Å². The van der Waals surface area contributed by atoms with Gasteiger partial charge in [-0.25, -0.2) is 0 Å². The van der Waals surface area contributed by atoms with Crippen LogP contribution in [-0.2, 0) is 10.8 Å². The van der Waals surface area contributed by atoms with E-state index in [0.717, 1.165) is 17.1 Å². The first-order chi connectivity index (χ1) is 26.1. The lowest BCUT2D eigenvalue weighted by Gasteiger charge is -2.41. The van der Waals surface area contributed by atoms with Gasteiger partial charge in [-0.2, -0.15) is 0 Å². The minimum Gasteiger partial charge on any atom is -0.310 e. The first kappa shape index (κ1) is 31.3. The molecule has 0 fully saturated rings. The van der Waals surface area contributed by atoms with Gasteiger partial charge in [0.15, 0.2) is 0 Å². The molecule has 0 saturated heterocycles. The van der Waals surface area contributed by atoms with Crippen LogP contribution in [-0.4, -0.2) is 0 Å². The molecule has 0 saturated carbocycles. The molecule has 0 bridgehead atoms. The zero-order valence-corrected chi connectivity index (χ0v) is 30.0. The summed E-state index contributed by atoms with van der Waals surface area (Å²) in [6.07, 6.45) is 0. The Labute approximate surface area is 312 Å². The molecule has 1 nitrogen and oxygen atoms in total. The summed E-state index contributed by atoms with van der Waals surface area (Å²) in [6, 6.07) is 74.2. The Bertz CT molecular complexity index is 2580. The fourth-order valence-corrected chi connectivity index (χ4v) is 9.45. The van der Waals surface area contributed by atoms with Crippen LogP contribution in [0.3, 0.4) is 0 Å². The number of anilines is 3. The largest absolute Gasteiger partial charge is 0.310 e. The van der Waals surface area contributed by atoms with Crippen molar-refractivity contribution in [2.45, 2.75) is 24.7 Å². The lowest BCUT2D eigenvalue weighted by Crippen LogP contribution is -2.33. The molecule has 252 valence electrons. The first-order valence-corrected chi connectivity index (χ1v) is 18.6. The van der Waals surface area contributed by atoms with Crippen LogP contribution in [0.1, 0.15) is 47.2 Å². The van der Waals surface area contributed by atoms with E-state index in [9.17, 15) is 0 Å². The highest BCUT2D eigenvalue weighted by molar-refractivity contribution is 5.94. The van der Waals surface area contributed by atoms with Crippen LogP contribution >= 0.6 is 0 Å². The van der Waals surface area contributed by atoms with Crippen molar-refractivity contribution in [2.24, 2.45) is 0 Å². The summed E-state index contributed by atoms with van der Waals surface area (Å²) >= 11 is 0. The van der Waals surface area contributed by atoms with Crippen LogP contribution in [0.4, 0.5) is 17.1 Å². The van der Waals surface area contributed by atoms with E-state index in [1.165, 1.54) is 66.8 Å². The van der Waals surface area contributed by atoms with E-state index < -0.39 is 5.41 Å². The molecule has 10 rings (SSSR count). The Morgan fingerprint density at radius 3 is 1.36 bits per heavy atom. The molecule has 1 heteroatoms. The topological polar surface area (TPSA) is 3.24 Å². The molecule has 8 aromatic carbocycles. The number of benzene rings is 8. The van der Waals surface area contributed by atoms with E-state index >= 15 is 0 Å². The molecular formula is C52H39N. The van der Waals surface area contributed by atoms with Gasteiger partial charge < -0.3 is 4.90 Å². The van der Waals surface area contributed by atoms with Crippen molar-refractivity contribution in [3.63, 3.8) is 0 Å². The average Bonchev–Trinajstić information content (AvgIpc) is 3.38. The van der Waals surface area contributed by atoms with Crippen LogP contribution in [0.15, 0.2) is 200 Å². The average molecular weight is 678 g/mol. The summed E-state index contributed by atoms with van der Waals surface area (Å²) in [4.78, 5) is 2.49. The van der Waals surface area contributed by atoms with E-state index in [1.54, 1.807) is 0 Å². The number of rotatable bonds is 5. The molecule has 8 aromatic rings. The van der Waals surface area contributed by atoms with E-state index in [-0.39, 0.29) is 5.41 Å². The molecule has 2 aliphatic rings. The summed E-state index contributed by atoms with van der Waals surface area (Å²) in [5.41, 5.74) is 18.0. The maximum Gasteiger partial charge on any atom is 0.0733 e. The normalized spacial score (nSPS) is 14.2. The van der Waals surface area contributed by atoms with Crippen LogP contribution in [0.5, 0.6) is 0 Å². The molecular weight excluding hydrogens is 639 g/mol. The Hall–Kier alpha value is -6.44. The zero-order valence-electron chi connectivity index (χ0n) is 30.0. The highest BCUT2D eigenvalue weighted by Crippen LogP contribution is 2.58. The standard InChI is InChI=1S/C52H39N/c1-51(2)45-28-14-11-27-43(45)44-34-33-38(35-49(44)51)53(37-21-7-4-8-22-37)50-32-18-17-31-48(50)52(36-19-5-3-6-20-36)46-29-15-12-25-41(46)39-23-9-10-24-40(39)42-26-13-16-30-47(42)52/h3-35H,1-2H3. The molecule has 0 spiro atoms. The van der Waals surface area contributed by atoms with Crippen molar-refractivity contribution in [1.29, 1.82) is 0 Å². The third-order valence-electron chi connectivity index (χ3n) is 11.8. The van der Waals surface area contributed by atoms with E-state index in [0.29, 0.717) is 0 Å². The lowest BCUT2D eigenvalue weighted by molar-refractivity contribution is 0.660. The molecule has 0 amide bonds. The second kappa shape index (κ2) is 12.1. The van der Waals surface area contributed by atoms with E-state index in [1.807, 2.05) is 0 Å². The van der Waals surface area contributed by atoms with Crippen LogP contribution in [0.25, 0.3) is 33.4 Å². The van der Waals surface area contributed by atoms with E-state index in [4.69, 9.17) is 0 Å². The van der Waals surface area contributed by atoms with Crippen LogP contribution in [0, 0.1) is 0 Å². The predicted molar refractivity (Wildman–Crippen MR) is 221 cm³/mol. The van der Waals surface area contributed by atoms with Crippen LogP contribution < -0.4 is 4.90 Å². The van der Waals surface area contributed by atoms with Gasteiger partial charge in [0.1, 0.15) is 0 Å². The van der Waals surface area contributed by atoms with Crippen molar-refractivity contribution in [1.82, 2.24) is 0 Å².